The number of aromatic nitrogens is 4. The molecule has 0 spiro atoms. The maximum absolute atomic E-state index is 5.31. The van der Waals surface area contributed by atoms with Gasteiger partial charge in [0.15, 0.2) is 0 Å². The molecular weight excluding hydrogens is 230 g/mol. The van der Waals surface area contributed by atoms with Crippen LogP contribution in [0.2, 0.25) is 0 Å². The van der Waals surface area contributed by atoms with Crippen LogP contribution in [0.4, 0.5) is 5.82 Å². The van der Waals surface area contributed by atoms with Crippen LogP contribution in [-0.4, -0.2) is 32.7 Å². The van der Waals surface area contributed by atoms with Crippen molar-refractivity contribution in [3.8, 4) is 5.88 Å². The van der Waals surface area contributed by atoms with Crippen LogP contribution < -0.4 is 10.1 Å². The lowest BCUT2D eigenvalue weighted by atomic mass is 10.3. The third kappa shape index (κ3) is 3.19. The fourth-order valence-corrected chi connectivity index (χ4v) is 1.61. The van der Waals surface area contributed by atoms with Crippen molar-refractivity contribution in [2.75, 3.05) is 18.5 Å². The highest BCUT2D eigenvalue weighted by atomic mass is 16.5. The van der Waals surface area contributed by atoms with Gasteiger partial charge < -0.3 is 14.6 Å². The summed E-state index contributed by atoms with van der Waals surface area (Å²) in [7, 11) is 1.99. The van der Waals surface area contributed by atoms with Crippen LogP contribution in [0.25, 0.3) is 0 Å². The second-order valence-corrected chi connectivity index (χ2v) is 3.85. The summed E-state index contributed by atoms with van der Waals surface area (Å²) in [5.41, 5.74) is 1.18. The van der Waals surface area contributed by atoms with Gasteiger partial charge in [0, 0.05) is 38.0 Å². The first kappa shape index (κ1) is 12.3. The Balaban J connectivity index is 1.86. The molecule has 0 radical (unpaired) electrons. The van der Waals surface area contributed by atoms with Crippen LogP contribution in [-0.2, 0) is 13.5 Å². The molecule has 6 heteroatoms. The summed E-state index contributed by atoms with van der Waals surface area (Å²) < 4.78 is 7.32. The first-order valence-electron chi connectivity index (χ1n) is 5.93. The van der Waals surface area contributed by atoms with Gasteiger partial charge >= 0.3 is 0 Å². The number of anilines is 1. The van der Waals surface area contributed by atoms with E-state index < -0.39 is 0 Å². The fourth-order valence-electron chi connectivity index (χ4n) is 1.61. The lowest BCUT2D eigenvalue weighted by Crippen LogP contribution is -2.09. The molecule has 0 bridgehead atoms. The summed E-state index contributed by atoms with van der Waals surface area (Å²) in [6.07, 6.45) is 6.06. The van der Waals surface area contributed by atoms with Crippen molar-refractivity contribution in [3.05, 3.63) is 30.6 Å². The molecule has 0 unspecified atom stereocenters. The van der Waals surface area contributed by atoms with Gasteiger partial charge in [-0.3, -0.25) is 0 Å². The summed E-state index contributed by atoms with van der Waals surface area (Å²) >= 11 is 0. The van der Waals surface area contributed by atoms with E-state index in [2.05, 4.69) is 20.3 Å². The maximum atomic E-state index is 5.31. The van der Waals surface area contributed by atoms with Gasteiger partial charge in [-0.05, 0) is 6.92 Å². The SMILES string of the molecule is CCOc1cc(NCCc2cncn2C)ncn1. The Hall–Kier alpha value is -2.11. The van der Waals surface area contributed by atoms with Crippen molar-refractivity contribution in [1.29, 1.82) is 0 Å². The predicted octanol–water partition coefficient (Wildman–Crippen LogP) is 1.26. The van der Waals surface area contributed by atoms with Crippen LogP contribution in [0.1, 0.15) is 12.6 Å². The second kappa shape index (κ2) is 6.00. The summed E-state index contributed by atoms with van der Waals surface area (Å²) in [6.45, 7) is 3.32. The molecule has 0 fully saturated rings. The quantitative estimate of drug-likeness (QED) is 0.832. The van der Waals surface area contributed by atoms with Gasteiger partial charge in [-0.1, -0.05) is 0 Å². The number of rotatable bonds is 6. The summed E-state index contributed by atoms with van der Waals surface area (Å²) in [5.74, 6) is 1.37. The largest absolute Gasteiger partial charge is 0.478 e. The van der Waals surface area contributed by atoms with Gasteiger partial charge in [0.2, 0.25) is 5.88 Å². The third-order valence-corrected chi connectivity index (χ3v) is 2.54. The van der Waals surface area contributed by atoms with Gasteiger partial charge in [0.05, 0.1) is 12.9 Å². The molecule has 0 aliphatic heterocycles. The van der Waals surface area contributed by atoms with Crippen molar-refractivity contribution < 1.29 is 4.74 Å². The van der Waals surface area contributed by atoms with E-state index in [-0.39, 0.29) is 0 Å². The lowest BCUT2D eigenvalue weighted by Gasteiger charge is -2.07. The number of hydrogen-bond donors (Lipinski definition) is 1. The molecule has 6 nitrogen and oxygen atoms in total. The van der Waals surface area contributed by atoms with E-state index >= 15 is 0 Å². The zero-order chi connectivity index (χ0) is 12.8. The van der Waals surface area contributed by atoms with E-state index in [1.165, 1.54) is 12.0 Å². The second-order valence-electron chi connectivity index (χ2n) is 3.85. The van der Waals surface area contributed by atoms with Crippen LogP contribution >= 0.6 is 0 Å². The van der Waals surface area contributed by atoms with E-state index in [0.717, 1.165) is 18.8 Å². The Morgan fingerprint density at radius 2 is 2.28 bits per heavy atom. The average Bonchev–Trinajstić information content (AvgIpc) is 2.76. The summed E-state index contributed by atoms with van der Waals surface area (Å²) in [6, 6.07) is 1.80. The van der Waals surface area contributed by atoms with Gasteiger partial charge in [-0.25, -0.2) is 15.0 Å². The highest BCUT2D eigenvalue weighted by molar-refractivity contribution is 5.37. The van der Waals surface area contributed by atoms with E-state index in [0.29, 0.717) is 12.5 Å². The number of aryl methyl sites for hydroxylation is 1. The number of nitrogens with zero attached hydrogens (tertiary/aromatic N) is 4. The Kier molecular flexibility index (Phi) is 4.11. The zero-order valence-corrected chi connectivity index (χ0v) is 10.6. The third-order valence-electron chi connectivity index (χ3n) is 2.54. The smallest absolute Gasteiger partial charge is 0.218 e. The number of imidazole rings is 1. The van der Waals surface area contributed by atoms with Gasteiger partial charge in [0.25, 0.3) is 0 Å². The molecule has 2 heterocycles. The lowest BCUT2D eigenvalue weighted by molar-refractivity contribution is 0.326. The molecule has 2 aromatic heterocycles. The van der Waals surface area contributed by atoms with Crippen molar-refractivity contribution in [1.82, 2.24) is 19.5 Å². The minimum Gasteiger partial charge on any atom is -0.478 e. The van der Waals surface area contributed by atoms with Crippen LogP contribution in [0.3, 0.4) is 0 Å². The highest BCUT2D eigenvalue weighted by Gasteiger charge is 2.00. The van der Waals surface area contributed by atoms with Gasteiger partial charge in [-0.2, -0.15) is 0 Å². The van der Waals surface area contributed by atoms with Crippen molar-refractivity contribution in [2.45, 2.75) is 13.3 Å². The molecule has 0 aliphatic rings. The zero-order valence-electron chi connectivity index (χ0n) is 10.6. The van der Waals surface area contributed by atoms with E-state index in [4.69, 9.17) is 4.74 Å². The first-order chi connectivity index (χ1) is 8.79. The average molecular weight is 247 g/mol. The standard InChI is InChI=1S/C12H17N5O/c1-3-18-12-6-11(15-8-16-12)14-5-4-10-7-13-9-17(10)2/h6-9H,3-5H2,1-2H3,(H,14,15,16). The molecule has 2 rings (SSSR count). The maximum Gasteiger partial charge on any atom is 0.218 e. The number of nitrogens with one attached hydrogen (secondary N) is 1. The molecule has 96 valence electrons. The normalized spacial score (nSPS) is 10.3. The molecule has 0 aromatic carbocycles. The molecule has 1 N–H and O–H groups in total. The molecular formula is C12H17N5O. The van der Waals surface area contributed by atoms with Crippen LogP contribution in [0, 0.1) is 0 Å². The van der Waals surface area contributed by atoms with Crippen molar-refractivity contribution in [2.24, 2.45) is 7.05 Å². The van der Waals surface area contributed by atoms with E-state index in [1.54, 1.807) is 12.4 Å². The minimum absolute atomic E-state index is 0.593. The van der Waals surface area contributed by atoms with Crippen molar-refractivity contribution >= 4 is 5.82 Å². The fraction of sp³-hybridized carbons (Fsp3) is 0.417. The molecule has 0 saturated heterocycles. The van der Waals surface area contributed by atoms with Gasteiger partial charge in [0.1, 0.15) is 12.1 Å². The van der Waals surface area contributed by atoms with E-state index in [1.807, 2.05) is 24.7 Å². The first-order valence-corrected chi connectivity index (χ1v) is 5.93. The monoisotopic (exact) mass is 247 g/mol. The van der Waals surface area contributed by atoms with Gasteiger partial charge in [-0.15, -0.1) is 0 Å². The Morgan fingerprint density at radius 1 is 1.39 bits per heavy atom. The topological polar surface area (TPSA) is 64.9 Å². The molecule has 0 saturated carbocycles. The predicted molar refractivity (Wildman–Crippen MR) is 68.6 cm³/mol. The molecule has 0 amide bonds. The minimum atomic E-state index is 0.593. The summed E-state index contributed by atoms with van der Waals surface area (Å²) in [5, 5.41) is 3.24. The highest BCUT2D eigenvalue weighted by Crippen LogP contribution is 2.10. The van der Waals surface area contributed by atoms with E-state index in [9.17, 15) is 0 Å². The Morgan fingerprint density at radius 3 is 3.00 bits per heavy atom. The number of ether oxygens (including phenoxy) is 1. The van der Waals surface area contributed by atoms with Crippen molar-refractivity contribution in [3.63, 3.8) is 0 Å². The number of hydrogen-bond acceptors (Lipinski definition) is 5. The molecule has 2 aromatic rings. The molecule has 0 atom stereocenters. The Bertz CT molecular complexity index is 497. The van der Waals surface area contributed by atoms with Crippen LogP contribution in [0.5, 0.6) is 5.88 Å². The summed E-state index contributed by atoms with van der Waals surface area (Å²) in [4.78, 5) is 12.2. The Labute approximate surface area is 106 Å². The molecule has 0 aliphatic carbocycles. The molecule has 18 heavy (non-hydrogen) atoms. The van der Waals surface area contributed by atoms with Crippen LogP contribution in [0.15, 0.2) is 24.9 Å².